The number of nitrogens with one attached hydrogen (secondary N) is 2. The van der Waals surface area contributed by atoms with Gasteiger partial charge in [0.15, 0.2) is 20.4 Å². The van der Waals surface area contributed by atoms with Crippen molar-refractivity contribution in [2.24, 2.45) is 0 Å². The lowest BCUT2D eigenvalue weighted by Gasteiger charge is -2.08. The maximum Gasteiger partial charge on any atom is 0.226 e. The van der Waals surface area contributed by atoms with Crippen molar-refractivity contribution < 1.29 is 13.2 Å². The van der Waals surface area contributed by atoms with Crippen LogP contribution in [0.3, 0.4) is 0 Å². The molecule has 26 heavy (non-hydrogen) atoms. The summed E-state index contributed by atoms with van der Waals surface area (Å²) in [6, 6.07) is 10.0. The summed E-state index contributed by atoms with van der Waals surface area (Å²) >= 11 is 6.77. The third-order valence-corrected chi connectivity index (χ3v) is 5.90. The van der Waals surface area contributed by atoms with E-state index in [0.29, 0.717) is 22.8 Å². The quantitative estimate of drug-likeness (QED) is 0.611. The zero-order chi connectivity index (χ0) is 18.7. The molecule has 136 valence electrons. The highest BCUT2D eigenvalue weighted by atomic mass is 32.2. The van der Waals surface area contributed by atoms with Crippen LogP contribution in [0.25, 0.3) is 10.7 Å². The summed E-state index contributed by atoms with van der Waals surface area (Å²) in [4.78, 5) is 13.4. The van der Waals surface area contributed by atoms with Crippen molar-refractivity contribution in [3.05, 3.63) is 46.5 Å². The van der Waals surface area contributed by atoms with Gasteiger partial charge in [0.1, 0.15) is 0 Å². The Balaban J connectivity index is 1.69. The number of thiophene rings is 1. The van der Waals surface area contributed by atoms with Gasteiger partial charge in [-0.25, -0.2) is 8.42 Å². The molecule has 0 aliphatic heterocycles. The number of hydrogen-bond acceptors (Lipinski definition) is 6. The largest absolute Gasteiger partial charge is 0.326 e. The van der Waals surface area contributed by atoms with Crippen molar-refractivity contribution in [2.75, 3.05) is 11.6 Å². The summed E-state index contributed by atoms with van der Waals surface area (Å²) in [5.74, 6) is 0.452. The second-order valence-electron chi connectivity index (χ2n) is 5.58. The van der Waals surface area contributed by atoms with Gasteiger partial charge in [-0.3, -0.25) is 14.5 Å². The second-order valence-corrected chi connectivity index (χ2v) is 8.93. The number of aromatic nitrogens is 3. The van der Waals surface area contributed by atoms with Gasteiger partial charge in [0, 0.05) is 24.9 Å². The van der Waals surface area contributed by atoms with Crippen molar-refractivity contribution in [3.8, 4) is 10.7 Å². The normalized spacial score (nSPS) is 11.4. The lowest BCUT2D eigenvalue weighted by Crippen LogP contribution is -2.15. The Morgan fingerprint density at radius 3 is 2.85 bits per heavy atom. The molecule has 1 amide bonds. The molecule has 0 spiro atoms. The van der Waals surface area contributed by atoms with Crippen LogP contribution in [0.15, 0.2) is 46.7 Å². The summed E-state index contributed by atoms with van der Waals surface area (Å²) in [5, 5.41) is 11.6. The molecule has 0 aliphatic carbocycles. The van der Waals surface area contributed by atoms with E-state index in [-0.39, 0.29) is 17.2 Å². The average Bonchev–Trinajstić information content (AvgIpc) is 3.22. The molecule has 0 fully saturated rings. The minimum Gasteiger partial charge on any atom is -0.326 e. The Kier molecular flexibility index (Phi) is 5.35. The molecule has 0 radical (unpaired) electrons. The van der Waals surface area contributed by atoms with Crippen LogP contribution in [0, 0.1) is 4.77 Å². The fourth-order valence-corrected chi connectivity index (χ4v) is 3.97. The van der Waals surface area contributed by atoms with Crippen molar-refractivity contribution in [1.29, 1.82) is 0 Å². The molecule has 0 bridgehead atoms. The second kappa shape index (κ2) is 7.52. The number of carbonyl (C=O) groups excluding carboxylic acids is 1. The summed E-state index contributed by atoms with van der Waals surface area (Å²) in [5.41, 5.74) is 0.437. The number of nitrogens with zero attached hydrogens (tertiary/aromatic N) is 2. The van der Waals surface area contributed by atoms with Gasteiger partial charge < -0.3 is 5.32 Å². The minimum atomic E-state index is -3.33. The van der Waals surface area contributed by atoms with E-state index in [1.54, 1.807) is 16.7 Å². The van der Waals surface area contributed by atoms with Gasteiger partial charge >= 0.3 is 0 Å². The molecular formula is C16H16N4O3S3. The first-order chi connectivity index (χ1) is 12.3. The number of sulfone groups is 1. The molecule has 1 aromatic carbocycles. The predicted octanol–water partition coefficient (Wildman–Crippen LogP) is 3.10. The number of hydrogen-bond donors (Lipinski definition) is 2. The Morgan fingerprint density at radius 1 is 1.35 bits per heavy atom. The maximum atomic E-state index is 12.2. The summed E-state index contributed by atoms with van der Waals surface area (Å²) in [6.45, 7) is 0.361. The molecule has 0 saturated carbocycles. The van der Waals surface area contributed by atoms with Crippen molar-refractivity contribution in [1.82, 2.24) is 14.8 Å². The Morgan fingerprint density at radius 2 is 2.15 bits per heavy atom. The molecule has 2 heterocycles. The van der Waals surface area contributed by atoms with Gasteiger partial charge in [0.05, 0.1) is 9.77 Å². The van der Waals surface area contributed by atoms with Gasteiger partial charge in [-0.15, -0.1) is 11.3 Å². The van der Waals surface area contributed by atoms with Crippen LogP contribution < -0.4 is 5.32 Å². The van der Waals surface area contributed by atoms with Gasteiger partial charge in [-0.2, -0.15) is 5.10 Å². The zero-order valence-electron chi connectivity index (χ0n) is 13.8. The monoisotopic (exact) mass is 408 g/mol. The van der Waals surface area contributed by atoms with E-state index in [9.17, 15) is 13.2 Å². The third-order valence-electron chi connectivity index (χ3n) is 3.61. The Labute approximate surface area is 159 Å². The number of H-pyrrole nitrogens is 1. The number of amides is 1. The van der Waals surface area contributed by atoms with Crippen LogP contribution in [-0.4, -0.2) is 35.3 Å². The highest BCUT2D eigenvalue weighted by Gasteiger charge is 2.12. The van der Waals surface area contributed by atoms with Crippen LogP contribution in [0.5, 0.6) is 0 Å². The predicted molar refractivity (Wildman–Crippen MR) is 104 cm³/mol. The van der Waals surface area contributed by atoms with E-state index in [1.165, 1.54) is 23.5 Å². The molecule has 7 nitrogen and oxygen atoms in total. The molecule has 0 aliphatic rings. The third kappa shape index (κ3) is 4.26. The fourth-order valence-electron chi connectivity index (χ4n) is 2.36. The number of benzene rings is 1. The smallest absolute Gasteiger partial charge is 0.226 e. The first-order valence-electron chi connectivity index (χ1n) is 7.63. The average molecular weight is 409 g/mol. The molecule has 0 atom stereocenters. The van der Waals surface area contributed by atoms with Gasteiger partial charge in [0.25, 0.3) is 0 Å². The summed E-state index contributed by atoms with van der Waals surface area (Å²) in [7, 11) is -3.33. The first kappa shape index (κ1) is 18.5. The molecule has 3 aromatic rings. The highest BCUT2D eigenvalue weighted by Crippen LogP contribution is 2.23. The van der Waals surface area contributed by atoms with Crippen molar-refractivity contribution in [3.63, 3.8) is 0 Å². The molecule has 2 N–H and O–H groups in total. The highest BCUT2D eigenvalue weighted by molar-refractivity contribution is 7.90. The minimum absolute atomic E-state index is 0.160. The standard InChI is InChI=1S/C16H16N4O3S3/c1-26(22,23)12-5-2-4-11(10-12)17-14(21)7-8-20-15(18-19-16(20)24)13-6-3-9-25-13/h2-6,9-10H,7-8H2,1H3,(H,17,21)(H,19,24). The Hall–Kier alpha value is -2.30. The van der Waals surface area contributed by atoms with E-state index in [2.05, 4.69) is 15.5 Å². The molecule has 0 saturated heterocycles. The fraction of sp³-hybridized carbons (Fsp3) is 0.188. The van der Waals surface area contributed by atoms with Crippen LogP contribution >= 0.6 is 23.6 Å². The molecule has 0 unspecified atom stereocenters. The maximum absolute atomic E-state index is 12.2. The van der Waals surface area contributed by atoms with Crippen LogP contribution in [0.4, 0.5) is 5.69 Å². The van der Waals surface area contributed by atoms with E-state index in [1.807, 2.05) is 17.5 Å². The van der Waals surface area contributed by atoms with E-state index < -0.39 is 9.84 Å². The van der Waals surface area contributed by atoms with Gasteiger partial charge in [-0.1, -0.05) is 12.1 Å². The van der Waals surface area contributed by atoms with Crippen molar-refractivity contribution in [2.45, 2.75) is 17.9 Å². The lowest BCUT2D eigenvalue weighted by atomic mass is 10.3. The topological polar surface area (TPSA) is 96.8 Å². The molecule has 3 rings (SSSR count). The Bertz CT molecular complexity index is 1080. The van der Waals surface area contributed by atoms with Gasteiger partial charge in [-0.05, 0) is 41.9 Å². The SMILES string of the molecule is CS(=O)(=O)c1cccc(NC(=O)CCn2c(-c3cccs3)n[nH]c2=S)c1. The van der Waals surface area contributed by atoms with Crippen LogP contribution in [0.1, 0.15) is 6.42 Å². The zero-order valence-corrected chi connectivity index (χ0v) is 16.2. The van der Waals surface area contributed by atoms with Crippen molar-refractivity contribution >= 4 is 45.0 Å². The summed E-state index contributed by atoms with van der Waals surface area (Å²) in [6.07, 6.45) is 1.30. The van der Waals surface area contributed by atoms with E-state index in [4.69, 9.17) is 12.2 Å². The number of carbonyl (C=O) groups is 1. The summed E-state index contributed by atoms with van der Waals surface area (Å²) < 4.78 is 25.4. The van der Waals surface area contributed by atoms with Gasteiger partial charge in [0.2, 0.25) is 5.91 Å². The molecular weight excluding hydrogens is 392 g/mol. The molecule has 10 heteroatoms. The van der Waals surface area contributed by atoms with Crippen LogP contribution in [-0.2, 0) is 21.2 Å². The number of anilines is 1. The number of rotatable bonds is 6. The van der Waals surface area contributed by atoms with Crippen LogP contribution in [0.2, 0.25) is 0 Å². The number of aromatic amines is 1. The lowest BCUT2D eigenvalue weighted by molar-refractivity contribution is -0.116. The molecule has 2 aromatic heterocycles. The first-order valence-corrected chi connectivity index (χ1v) is 10.8. The van der Waals surface area contributed by atoms with E-state index >= 15 is 0 Å². The van der Waals surface area contributed by atoms with E-state index in [0.717, 1.165) is 11.1 Å².